The summed E-state index contributed by atoms with van der Waals surface area (Å²) in [6, 6.07) is 63.6. The number of para-hydroxylation sites is 1. The number of pyridine rings is 1. The number of aryl methyl sites for hydroxylation is 1. The summed E-state index contributed by atoms with van der Waals surface area (Å²) in [4.78, 5) is 101. The summed E-state index contributed by atoms with van der Waals surface area (Å²) >= 11 is 0. The van der Waals surface area contributed by atoms with Gasteiger partial charge in [0.05, 0.1) is 55.2 Å². The van der Waals surface area contributed by atoms with Crippen LogP contribution in [-0.2, 0) is 58.2 Å². The number of benzene rings is 11. The predicted octanol–water partition coefficient (Wildman–Crippen LogP) is 21.6. The van der Waals surface area contributed by atoms with E-state index in [1.165, 1.54) is 124 Å². The Morgan fingerprint density at radius 2 is 0.776 bits per heavy atom. The van der Waals surface area contributed by atoms with Crippen LogP contribution in [0.2, 0.25) is 0 Å². The summed E-state index contributed by atoms with van der Waals surface area (Å²) in [5.74, 6) is -1.85. The number of amides is 2. The van der Waals surface area contributed by atoms with Crippen LogP contribution in [0, 0.1) is 5.92 Å². The Balaban J connectivity index is 0.000000133. The Hall–Kier alpha value is -16.8. The van der Waals surface area contributed by atoms with Crippen molar-refractivity contribution in [3.05, 3.63) is 302 Å². The van der Waals surface area contributed by atoms with Crippen molar-refractivity contribution in [1.29, 1.82) is 0 Å². The van der Waals surface area contributed by atoms with Crippen molar-refractivity contribution in [2.75, 3.05) is 33.4 Å². The maximum atomic E-state index is 12.4. The lowest BCUT2D eigenvalue weighted by molar-refractivity contribution is -0.275. The lowest BCUT2D eigenvalue weighted by Crippen LogP contribution is -2.35. The molecule has 2 N–H and O–H groups in total. The molecule has 5 aromatic heterocycles. The number of nitrogens with one attached hydrogen (secondary N) is 1. The van der Waals surface area contributed by atoms with Gasteiger partial charge in [0, 0.05) is 60.2 Å². The van der Waals surface area contributed by atoms with Crippen LogP contribution in [0.15, 0.2) is 286 Å². The molecule has 4 aliphatic rings. The van der Waals surface area contributed by atoms with E-state index < -0.39 is 55.5 Å². The Morgan fingerprint density at radius 1 is 0.422 bits per heavy atom. The molecular formula is C104H84F15N7O21. The van der Waals surface area contributed by atoms with Gasteiger partial charge in [-0.3, -0.25) is 37.4 Å². The summed E-state index contributed by atoms with van der Waals surface area (Å²) in [6.45, 7) is 3.75. The molecule has 3 aliphatic heterocycles. The highest BCUT2D eigenvalue weighted by Gasteiger charge is 2.36. The van der Waals surface area contributed by atoms with E-state index in [-0.39, 0.29) is 97.1 Å². The second-order valence-electron chi connectivity index (χ2n) is 33.7. The molecule has 2 fully saturated rings. The molecule has 20 rings (SSSR count). The number of halogens is 15. The summed E-state index contributed by atoms with van der Waals surface area (Å²) < 4.78 is 245. The highest BCUT2D eigenvalue weighted by Crippen LogP contribution is 2.40. The maximum absolute atomic E-state index is 12.4. The highest BCUT2D eigenvalue weighted by atomic mass is 19.4. The molecule has 1 saturated carbocycles. The van der Waals surface area contributed by atoms with E-state index in [1.54, 1.807) is 134 Å². The zero-order chi connectivity index (χ0) is 105. The molecule has 0 spiro atoms. The number of oxazole rings is 4. The second-order valence-corrected chi connectivity index (χ2v) is 33.7. The predicted molar refractivity (Wildman–Crippen MR) is 502 cm³/mol. The van der Waals surface area contributed by atoms with Crippen LogP contribution in [0.1, 0.15) is 57.1 Å². The van der Waals surface area contributed by atoms with Gasteiger partial charge in [-0.15, -0.1) is 52.7 Å². The second kappa shape index (κ2) is 44.6. The third kappa shape index (κ3) is 28.2. The van der Waals surface area contributed by atoms with Crippen LogP contribution in [0.3, 0.4) is 0 Å². The quantitative estimate of drug-likeness (QED) is 0.0341. The number of nitrogens with zero attached hydrogens (tertiary/aromatic N) is 6. The summed E-state index contributed by atoms with van der Waals surface area (Å²) in [6.07, 6.45) is -16.1. The van der Waals surface area contributed by atoms with E-state index in [9.17, 15) is 104 Å². The van der Waals surface area contributed by atoms with Crippen molar-refractivity contribution < 1.29 is 146 Å². The molecule has 8 heterocycles. The molecule has 43 heteroatoms. The molecule has 28 nitrogen and oxygen atoms in total. The largest absolute Gasteiger partial charge is 0.573 e. The van der Waals surface area contributed by atoms with E-state index >= 15 is 0 Å². The minimum Gasteiger partial charge on any atom is -0.496 e. The molecular weight excluding hydrogens is 1970 g/mol. The van der Waals surface area contributed by atoms with Gasteiger partial charge in [-0.25, -0.2) is 24.2 Å². The number of aliphatic hydroxyl groups excluding tert-OH is 1. The van der Waals surface area contributed by atoms with Gasteiger partial charge < -0.3 is 70.9 Å². The minimum absolute atomic E-state index is 0.0747. The van der Waals surface area contributed by atoms with Gasteiger partial charge in [-0.2, -0.15) is 13.2 Å². The number of ether oxygens (including phenoxy) is 8. The number of rotatable bonds is 23. The fourth-order valence-electron chi connectivity index (χ4n) is 15.9. The first kappa shape index (κ1) is 105. The van der Waals surface area contributed by atoms with Crippen molar-refractivity contribution >= 4 is 68.2 Å². The Bertz CT molecular complexity index is 7680. The van der Waals surface area contributed by atoms with Crippen LogP contribution in [0.25, 0.3) is 111 Å². The molecule has 766 valence electrons. The molecule has 1 aliphatic carbocycles. The molecule has 16 aromatic rings. The number of esters is 2. The number of aromatic nitrogens is 5. The number of alkyl halides is 15. The Kier molecular flexibility index (Phi) is 31.7. The van der Waals surface area contributed by atoms with Gasteiger partial charge in [0.25, 0.3) is 0 Å². The number of likely N-dealkylation sites (tertiary alicyclic amines) is 1. The number of aliphatic hydroxyl groups is 1. The smallest absolute Gasteiger partial charge is 0.496 e. The fourth-order valence-corrected chi connectivity index (χ4v) is 15.9. The molecule has 1 saturated heterocycles. The molecule has 0 atom stereocenters. The van der Waals surface area contributed by atoms with Gasteiger partial charge in [-0.1, -0.05) is 116 Å². The van der Waals surface area contributed by atoms with E-state index in [1.807, 2.05) is 48.5 Å². The third-order valence-electron chi connectivity index (χ3n) is 22.7. The average molecular weight is 2050 g/mol. The number of fused-ring (bicyclic) bond motifs is 6. The monoisotopic (exact) mass is 2050 g/mol. The standard InChI is InChI=1S/C20H17F3N2O4.C19H17F3N2O4.C19H16F3NO3.C16H12F3NO4.C15H10F3NO3.C15H12O3/c21-20(22,23)29-15-6-3-13(4-7-15)14-5-8-17-16(11-14)25(19(27)28-17)12-18(26)24-9-1-2-10-24;1-11(2)23-17(25)10-24-15-9-13(5-8-16(15)27-18(24)26)12-3-6-14(7-4-12)28-19(20,21)22;20-19(21,22)26-15-6-3-13(4-7-15)14-5-8-17-16(11-14)23(18(24)25-17)10-9-12-1-2-12;17-16(18,19)24-12-4-1-10(2-5-12)11-3-6-14-13(9-11)20(7-8-21)15(22)23-14;16-15(17,18)8-21-13-4-2-10(7-19-13)9-1-3-12-11(5-9)6-14(20)22-12;1-17-14-5-3-2-4-12(14)10-6-7-13-11(8-10)9-15(16)18-13/h3-8,11H,1-2,9-10,12H2;3-9,11H,10H2,1-2H3,(H,23,25);3-8,11-12H,1-2,9-10H2;1-6,9,21H,7-8H2;1-5,7H,6,8H2;2-8H,9H2,1H3. The number of hydrogen-bond acceptors (Lipinski definition) is 22. The highest BCUT2D eigenvalue weighted by molar-refractivity contribution is 5.88. The lowest BCUT2D eigenvalue weighted by Gasteiger charge is -2.15. The Labute approximate surface area is 820 Å². The summed E-state index contributed by atoms with van der Waals surface area (Å²) in [7, 11) is 1.65. The van der Waals surface area contributed by atoms with Gasteiger partial charge in [0.1, 0.15) is 53.3 Å². The average Bonchev–Trinajstić information content (AvgIpc) is 1.66. The van der Waals surface area contributed by atoms with Gasteiger partial charge in [0.15, 0.2) is 28.9 Å². The van der Waals surface area contributed by atoms with Crippen LogP contribution in [0.5, 0.6) is 46.1 Å². The van der Waals surface area contributed by atoms with Crippen molar-refractivity contribution in [3.8, 4) is 113 Å². The fraction of sp³-hybridized carbons (Fsp3) is 0.240. The molecule has 147 heavy (non-hydrogen) atoms. The SMILES string of the molecule is CC(C)NC(=O)Cn1c(=O)oc2ccc(-c3ccc(OC(F)(F)F)cc3)cc21.COc1ccccc1-c1ccc2c(c1)CC(=O)O2.O=C(Cn1c(=O)oc2ccc(-c3ccc(OC(F)(F)F)cc3)cc21)N1CCCC1.O=C1Cc2cc(-c3ccc(OCC(F)(F)F)nc3)ccc2O1.O=c1oc2ccc(-c3ccc(OC(F)(F)F)cc3)cc2n1CCC1CC1.O=c1oc2ccc(-c3ccc(OC(F)(F)F)cc3)cc2n1CCO. The summed E-state index contributed by atoms with van der Waals surface area (Å²) in [5.41, 5.74) is 14.3. The summed E-state index contributed by atoms with van der Waals surface area (Å²) in [5, 5.41) is 11.7. The van der Waals surface area contributed by atoms with Crippen molar-refractivity contribution in [3.63, 3.8) is 0 Å². The maximum Gasteiger partial charge on any atom is 0.573 e. The Morgan fingerprint density at radius 3 is 1.15 bits per heavy atom. The van der Waals surface area contributed by atoms with Crippen LogP contribution < -0.4 is 66.2 Å². The zero-order valence-electron chi connectivity index (χ0n) is 77.4. The van der Waals surface area contributed by atoms with E-state index in [2.05, 4.69) is 34.0 Å². The number of methoxy groups -OCH3 is 1. The molecule has 11 aromatic carbocycles. The van der Waals surface area contributed by atoms with E-state index in [0.717, 1.165) is 64.0 Å². The van der Waals surface area contributed by atoms with Crippen molar-refractivity contribution in [2.45, 2.75) is 123 Å². The van der Waals surface area contributed by atoms with Crippen molar-refractivity contribution in [1.82, 2.24) is 33.5 Å². The first-order valence-corrected chi connectivity index (χ1v) is 45.0. The molecule has 0 radical (unpaired) electrons. The van der Waals surface area contributed by atoms with Crippen LogP contribution in [0.4, 0.5) is 65.9 Å². The molecule has 0 unspecified atom stereocenters. The minimum atomic E-state index is -4.76. The van der Waals surface area contributed by atoms with Gasteiger partial charge in [0.2, 0.25) is 17.7 Å². The van der Waals surface area contributed by atoms with E-state index in [0.29, 0.717) is 127 Å². The number of carbonyl (C=O) groups is 4. The zero-order valence-corrected chi connectivity index (χ0v) is 77.4. The normalized spacial score (nSPS) is 13.3. The van der Waals surface area contributed by atoms with Crippen LogP contribution >= 0.6 is 0 Å². The topological polar surface area (TPSA) is 331 Å². The van der Waals surface area contributed by atoms with E-state index in [4.69, 9.17) is 37.0 Å². The number of hydrogen-bond donors (Lipinski definition) is 2. The first-order chi connectivity index (χ1) is 69.9. The first-order valence-electron chi connectivity index (χ1n) is 45.0. The van der Waals surface area contributed by atoms with Gasteiger partial charge in [-0.05, 0) is 228 Å². The number of carbonyl (C=O) groups excluding carboxylic acids is 4. The third-order valence-corrected chi connectivity index (χ3v) is 22.7. The molecule has 2 amide bonds. The van der Waals surface area contributed by atoms with Gasteiger partial charge >= 0.3 is 66.6 Å². The van der Waals surface area contributed by atoms with Crippen molar-refractivity contribution in [2.24, 2.45) is 5.92 Å². The molecule has 0 bridgehead atoms. The lowest BCUT2D eigenvalue weighted by atomic mass is 10.0. The van der Waals surface area contributed by atoms with Crippen LogP contribution in [-0.4, -0.2) is 128 Å².